The van der Waals surface area contributed by atoms with Crippen molar-refractivity contribution in [2.24, 2.45) is 11.7 Å². The zero-order valence-electron chi connectivity index (χ0n) is 19.4. The van der Waals surface area contributed by atoms with Gasteiger partial charge in [-0.1, -0.05) is 54.6 Å². The third-order valence-corrected chi connectivity index (χ3v) is 6.71. The van der Waals surface area contributed by atoms with Crippen LogP contribution in [0.25, 0.3) is 10.8 Å². The first-order chi connectivity index (χ1) is 15.8. The van der Waals surface area contributed by atoms with E-state index in [2.05, 4.69) is 5.32 Å². The van der Waals surface area contributed by atoms with Gasteiger partial charge in [-0.25, -0.2) is 0 Å². The molecule has 2 atom stereocenters. The van der Waals surface area contributed by atoms with E-state index < -0.39 is 17.4 Å². The molecule has 3 aromatic carbocycles. The number of primary amides is 1. The van der Waals surface area contributed by atoms with E-state index >= 15 is 0 Å². The molecule has 0 radical (unpaired) electrons. The summed E-state index contributed by atoms with van der Waals surface area (Å²) in [5.74, 6) is -2.01. The average Bonchev–Trinajstić information content (AvgIpc) is 2.94. The van der Waals surface area contributed by atoms with Gasteiger partial charge in [0.1, 0.15) is 5.54 Å². The lowest BCUT2D eigenvalue weighted by molar-refractivity contribution is -0.133. The molecular formula is C26H29ClN4O3. The lowest BCUT2D eigenvalue weighted by Crippen LogP contribution is -2.63. The van der Waals surface area contributed by atoms with E-state index in [-0.39, 0.29) is 37.3 Å². The van der Waals surface area contributed by atoms with Gasteiger partial charge < -0.3 is 20.9 Å². The molecular weight excluding hydrogens is 452 g/mol. The number of amides is 3. The second-order valence-corrected chi connectivity index (χ2v) is 8.55. The highest BCUT2D eigenvalue weighted by Gasteiger charge is 2.48. The molecule has 0 bridgehead atoms. The van der Waals surface area contributed by atoms with Crippen molar-refractivity contribution in [3.63, 3.8) is 0 Å². The SMILES string of the molecule is CNC(C)(C(N)=O)[C@@H]1CN(C(C)=O)c2ccccc2N(Cc2cccc3ccccc23)C1=O.Cl. The van der Waals surface area contributed by atoms with Gasteiger partial charge in [-0.3, -0.25) is 14.4 Å². The number of halogens is 1. The van der Waals surface area contributed by atoms with Crippen LogP contribution in [0, 0.1) is 5.92 Å². The number of anilines is 2. The highest BCUT2D eigenvalue weighted by Crippen LogP contribution is 2.38. The van der Waals surface area contributed by atoms with Crippen molar-refractivity contribution < 1.29 is 14.4 Å². The van der Waals surface area contributed by atoms with Crippen LogP contribution in [0.3, 0.4) is 0 Å². The number of benzene rings is 3. The van der Waals surface area contributed by atoms with Gasteiger partial charge in [0, 0.05) is 13.5 Å². The van der Waals surface area contributed by atoms with E-state index in [0.29, 0.717) is 11.4 Å². The number of carbonyl (C=O) groups excluding carboxylic acids is 3. The molecule has 1 unspecified atom stereocenters. The van der Waals surface area contributed by atoms with Crippen molar-refractivity contribution in [3.8, 4) is 0 Å². The number of nitrogens with one attached hydrogen (secondary N) is 1. The Labute approximate surface area is 205 Å². The fraction of sp³-hybridized carbons (Fsp3) is 0.269. The van der Waals surface area contributed by atoms with Gasteiger partial charge in [-0.05, 0) is 42.4 Å². The Balaban J connectivity index is 0.00000324. The lowest BCUT2D eigenvalue weighted by Gasteiger charge is -2.36. The molecule has 0 spiro atoms. The molecule has 0 saturated carbocycles. The number of rotatable bonds is 5. The third kappa shape index (κ3) is 4.24. The van der Waals surface area contributed by atoms with E-state index in [1.54, 1.807) is 23.8 Å². The van der Waals surface area contributed by atoms with Gasteiger partial charge >= 0.3 is 0 Å². The van der Waals surface area contributed by atoms with Gasteiger partial charge in [0.2, 0.25) is 17.7 Å². The number of para-hydroxylation sites is 2. The fourth-order valence-electron chi connectivity index (χ4n) is 4.55. The molecule has 0 aromatic heterocycles. The van der Waals surface area contributed by atoms with Crippen molar-refractivity contribution in [2.75, 3.05) is 23.4 Å². The Bertz CT molecular complexity index is 1240. The number of carbonyl (C=O) groups is 3. The highest BCUT2D eigenvalue weighted by molar-refractivity contribution is 6.08. The molecule has 7 nitrogen and oxygen atoms in total. The van der Waals surface area contributed by atoms with Crippen LogP contribution < -0.4 is 20.9 Å². The van der Waals surface area contributed by atoms with Gasteiger partial charge in [-0.15, -0.1) is 12.4 Å². The Hall–Kier alpha value is -3.42. The molecule has 4 rings (SSSR count). The second kappa shape index (κ2) is 9.83. The zero-order chi connectivity index (χ0) is 23.8. The summed E-state index contributed by atoms with van der Waals surface area (Å²) >= 11 is 0. The van der Waals surface area contributed by atoms with Crippen LogP contribution in [-0.4, -0.2) is 36.9 Å². The Morgan fingerprint density at radius 3 is 2.29 bits per heavy atom. The molecule has 1 aliphatic rings. The Kier molecular flexibility index (Phi) is 7.29. The van der Waals surface area contributed by atoms with Crippen molar-refractivity contribution in [2.45, 2.75) is 25.9 Å². The standard InChI is InChI=1S/C26H28N4O3.ClH/c1-17(31)29-16-21(26(2,28-3)25(27)33)24(32)30(23-14-7-6-13-22(23)29)15-19-11-8-10-18-9-4-5-12-20(18)19;/h4-14,21,28H,15-16H2,1-3H3,(H2,27,33);1H/t21-,26?;/m1./s1. The van der Waals surface area contributed by atoms with E-state index in [1.807, 2.05) is 66.7 Å². The number of nitrogens with two attached hydrogens (primary N) is 1. The summed E-state index contributed by atoms with van der Waals surface area (Å²) in [5, 5.41) is 5.06. The minimum Gasteiger partial charge on any atom is -0.368 e. The molecule has 3 amide bonds. The van der Waals surface area contributed by atoms with Crippen LogP contribution in [0.15, 0.2) is 66.7 Å². The zero-order valence-corrected chi connectivity index (χ0v) is 20.3. The average molecular weight is 481 g/mol. The summed E-state index contributed by atoms with van der Waals surface area (Å²) in [6.45, 7) is 3.40. The van der Waals surface area contributed by atoms with E-state index in [1.165, 1.54) is 6.92 Å². The molecule has 0 saturated heterocycles. The first-order valence-corrected chi connectivity index (χ1v) is 10.9. The first-order valence-electron chi connectivity index (χ1n) is 10.9. The lowest BCUT2D eigenvalue weighted by atomic mass is 9.83. The largest absolute Gasteiger partial charge is 0.368 e. The minimum atomic E-state index is -1.34. The van der Waals surface area contributed by atoms with Crippen LogP contribution in [0.5, 0.6) is 0 Å². The summed E-state index contributed by atoms with van der Waals surface area (Å²) < 4.78 is 0. The number of fused-ring (bicyclic) bond motifs is 2. The third-order valence-electron chi connectivity index (χ3n) is 6.71. The summed E-state index contributed by atoms with van der Waals surface area (Å²) in [5.41, 5.74) is 6.62. The van der Waals surface area contributed by atoms with Crippen LogP contribution in [-0.2, 0) is 20.9 Å². The summed E-state index contributed by atoms with van der Waals surface area (Å²) in [6, 6.07) is 21.3. The normalized spacial score (nSPS) is 17.4. The summed E-state index contributed by atoms with van der Waals surface area (Å²) in [6.07, 6.45) is 0. The van der Waals surface area contributed by atoms with Crippen LogP contribution in [0.1, 0.15) is 19.4 Å². The van der Waals surface area contributed by atoms with Gasteiger partial charge in [-0.2, -0.15) is 0 Å². The number of hydrogen-bond acceptors (Lipinski definition) is 4. The molecule has 0 aliphatic carbocycles. The predicted octanol–water partition coefficient (Wildman–Crippen LogP) is 3.24. The molecule has 3 N–H and O–H groups in total. The second-order valence-electron chi connectivity index (χ2n) is 8.55. The fourth-order valence-corrected chi connectivity index (χ4v) is 4.55. The number of nitrogens with zero attached hydrogens (tertiary/aromatic N) is 2. The summed E-state index contributed by atoms with van der Waals surface area (Å²) in [7, 11) is 1.60. The van der Waals surface area contributed by atoms with Gasteiger partial charge in [0.25, 0.3) is 0 Å². The van der Waals surface area contributed by atoms with Crippen molar-refractivity contribution >= 4 is 52.3 Å². The van der Waals surface area contributed by atoms with Crippen LogP contribution in [0.2, 0.25) is 0 Å². The van der Waals surface area contributed by atoms with Crippen LogP contribution >= 0.6 is 12.4 Å². The molecule has 178 valence electrons. The smallest absolute Gasteiger partial charge is 0.238 e. The molecule has 1 heterocycles. The molecule has 1 aliphatic heterocycles. The van der Waals surface area contributed by atoms with Crippen molar-refractivity contribution in [1.29, 1.82) is 0 Å². The Morgan fingerprint density at radius 2 is 1.65 bits per heavy atom. The highest BCUT2D eigenvalue weighted by atomic mass is 35.5. The van der Waals surface area contributed by atoms with E-state index in [4.69, 9.17) is 5.73 Å². The summed E-state index contributed by atoms with van der Waals surface area (Å²) in [4.78, 5) is 42.4. The van der Waals surface area contributed by atoms with Gasteiger partial charge in [0.15, 0.2) is 0 Å². The van der Waals surface area contributed by atoms with E-state index in [9.17, 15) is 14.4 Å². The first kappa shape index (κ1) is 25.2. The predicted molar refractivity (Wildman–Crippen MR) is 137 cm³/mol. The number of likely N-dealkylation sites (N-methyl/N-ethyl adjacent to an activating group) is 1. The monoisotopic (exact) mass is 480 g/mol. The quantitative estimate of drug-likeness (QED) is 0.586. The molecule has 34 heavy (non-hydrogen) atoms. The minimum absolute atomic E-state index is 0. The number of hydrogen-bond donors (Lipinski definition) is 2. The van der Waals surface area contributed by atoms with Crippen molar-refractivity contribution in [1.82, 2.24) is 5.32 Å². The molecule has 8 heteroatoms. The maximum atomic E-state index is 14.1. The maximum Gasteiger partial charge on any atom is 0.238 e. The molecule has 0 fully saturated rings. The molecule has 3 aromatic rings. The maximum absolute atomic E-state index is 14.1. The van der Waals surface area contributed by atoms with Crippen LogP contribution in [0.4, 0.5) is 11.4 Å². The van der Waals surface area contributed by atoms with Gasteiger partial charge in [0.05, 0.1) is 23.8 Å². The van der Waals surface area contributed by atoms with E-state index in [0.717, 1.165) is 16.3 Å². The topological polar surface area (TPSA) is 95.7 Å². The van der Waals surface area contributed by atoms with Crippen molar-refractivity contribution in [3.05, 3.63) is 72.3 Å². The Morgan fingerprint density at radius 1 is 1.03 bits per heavy atom.